The van der Waals surface area contributed by atoms with Gasteiger partial charge in [-0.15, -0.1) is 0 Å². The molecule has 0 atom stereocenters. The number of nitrogens with one attached hydrogen (secondary N) is 4. The number of carbonyl (C=O) groups excluding carboxylic acids is 2. The summed E-state index contributed by atoms with van der Waals surface area (Å²) in [6, 6.07) is 21.9. The number of nitrogens with zero attached hydrogens (tertiary/aromatic N) is 1. The fourth-order valence-corrected chi connectivity index (χ4v) is 5.56. The highest BCUT2D eigenvalue weighted by molar-refractivity contribution is 6.00. The van der Waals surface area contributed by atoms with Gasteiger partial charge < -0.3 is 21.3 Å². The van der Waals surface area contributed by atoms with Crippen LogP contribution in [0.25, 0.3) is 10.9 Å². The first kappa shape index (κ1) is 29.1. The maximum atomic E-state index is 12.9. The standard InChI is InChI=1S/C35H41N5O2/c1-24-12-9-19-29(25(24)2)39-32-18-8-5-15-28(32)35(42)38-21-10-20-33(41)36-22-11-23-37-34-26-13-3-6-16-30(26)40-31-17-7-4-14-27(31)34/h3,5-6,8-9,12-13,15-16,18-19,39H,4,7,10-11,14,17,20-23H2,1-2H3,(H,36,41)(H,37,40)(H,38,42). The second-order valence-corrected chi connectivity index (χ2v) is 11.0. The summed E-state index contributed by atoms with van der Waals surface area (Å²) in [4.78, 5) is 30.2. The predicted octanol–water partition coefficient (Wildman–Crippen LogP) is 6.60. The fourth-order valence-electron chi connectivity index (χ4n) is 5.56. The Bertz CT molecular complexity index is 1560. The zero-order valence-electron chi connectivity index (χ0n) is 24.7. The molecule has 0 unspecified atom stereocenters. The van der Waals surface area contributed by atoms with Crippen LogP contribution < -0.4 is 21.3 Å². The SMILES string of the molecule is Cc1cccc(Nc2ccccc2C(=O)NCCCC(=O)NCCCNc2c3c(nc4ccccc24)CCCC3)c1C. The molecule has 0 aliphatic heterocycles. The molecule has 4 N–H and O–H groups in total. The lowest BCUT2D eigenvalue weighted by molar-refractivity contribution is -0.121. The molecule has 0 saturated heterocycles. The van der Waals surface area contributed by atoms with Crippen molar-refractivity contribution in [3.8, 4) is 0 Å². The van der Waals surface area contributed by atoms with E-state index in [9.17, 15) is 9.59 Å². The van der Waals surface area contributed by atoms with Crippen molar-refractivity contribution in [2.75, 3.05) is 30.3 Å². The molecule has 4 aromatic rings. The molecule has 2 amide bonds. The van der Waals surface area contributed by atoms with E-state index in [0.717, 1.165) is 48.3 Å². The van der Waals surface area contributed by atoms with E-state index in [2.05, 4.69) is 59.4 Å². The fraction of sp³-hybridized carbons (Fsp3) is 0.343. The van der Waals surface area contributed by atoms with Crippen LogP contribution in [0.3, 0.4) is 0 Å². The number of hydrogen-bond acceptors (Lipinski definition) is 5. The van der Waals surface area contributed by atoms with Crippen molar-refractivity contribution in [2.45, 2.75) is 58.8 Å². The molecule has 1 aliphatic carbocycles. The summed E-state index contributed by atoms with van der Waals surface area (Å²) in [6.45, 7) is 5.97. The van der Waals surface area contributed by atoms with Gasteiger partial charge in [0.25, 0.3) is 5.91 Å². The zero-order chi connectivity index (χ0) is 29.3. The predicted molar refractivity (Wildman–Crippen MR) is 172 cm³/mol. The largest absolute Gasteiger partial charge is 0.384 e. The molecule has 3 aromatic carbocycles. The summed E-state index contributed by atoms with van der Waals surface area (Å²) >= 11 is 0. The third kappa shape index (κ3) is 7.08. The van der Waals surface area contributed by atoms with Gasteiger partial charge in [0.1, 0.15) is 0 Å². The van der Waals surface area contributed by atoms with Crippen LogP contribution in [0.4, 0.5) is 17.1 Å². The highest BCUT2D eigenvalue weighted by Crippen LogP contribution is 2.33. The van der Waals surface area contributed by atoms with Crippen molar-refractivity contribution in [3.05, 3.63) is 94.7 Å². The minimum atomic E-state index is -0.152. The molecule has 7 heteroatoms. The van der Waals surface area contributed by atoms with E-state index in [0.29, 0.717) is 31.5 Å². The smallest absolute Gasteiger partial charge is 0.253 e. The Balaban J connectivity index is 1.03. The van der Waals surface area contributed by atoms with Gasteiger partial charge in [0.15, 0.2) is 0 Å². The van der Waals surface area contributed by atoms with E-state index in [1.54, 1.807) is 0 Å². The maximum absolute atomic E-state index is 12.9. The van der Waals surface area contributed by atoms with Crippen molar-refractivity contribution in [2.24, 2.45) is 0 Å². The lowest BCUT2D eigenvalue weighted by atomic mass is 9.92. The third-order valence-electron chi connectivity index (χ3n) is 8.06. The monoisotopic (exact) mass is 563 g/mol. The van der Waals surface area contributed by atoms with Gasteiger partial charge in [-0.1, -0.05) is 42.5 Å². The molecule has 1 aromatic heterocycles. The number of benzene rings is 3. The summed E-state index contributed by atoms with van der Waals surface area (Å²) in [5.41, 5.74) is 9.50. The quantitative estimate of drug-likeness (QED) is 0.146. The van der Waals surface area contributed by atoms with Crippen LogP contribution in [0.2, 0.25) is 0 Å². The molecule has 0 bridgehead atoms. The van der Waals surface area contributed by atoms with Gasteiger partial charge in [0, 0.05) is 48.5 Å². The van der Waals surface area contributed by atoms with E-state index in [1.807, 2.05) is 42.5 Å². The van der Waals surface area contributed by atoms with Crippen LogP contribution in [0, 0.1) is 13.8 Å². The average Bonchev–Trinajstić information content (AvgIpc) is 3.01. The molecule has 218 valence electrons. The van der Waals surface area contributed by atoms with Crippen molar-refractivity contribution in [1.29, 1.82) is 0 Å². The van der Waals surface area contributed by atoms with Crippen molar-refractivity contribution in [1.82, 2.24) is 15.6 Å². The Kier molecular flexibility index (Phi) is 9.70. The molecule has 0 spiro atoms. The first-order chi connectivity index (χ1) is 20.5. The van der Waals surface area contributed by atoms with E-state index in [1.165, 1.54) is 40.7 Å². The van der Waals surface area contributed by atoms with Crippen molar-refractivity contribution < 1.29 is 9.59 Å². The van der Waals surface area contributed by atoms with Crippen LogP contribution in [-0.4, -0.2) is 36.4 Å². The molecule has 0 radical (unpaired) electrons. The van der Waals surface area contributed by atoms with Crippen LogP contribution >= 0.6 is 0 Å². The molecular weight excluding hydrogens is 522 g/mol. The van der Waals surface area contributed by atoms with Gasteiger partial charge in [0.05, 0.1) is 16.8 Å². The minimum Gasteiger partial charge on any atom is -0.384 e. The second kappa shape index (κ2) is 14.0. The molecule has 1 aliphatic rings. The molecule has 1 heterocycles. The Hall–Kier alpha value is -4.39. The van der Waals surface area contributed by atoms with Crippen LogP contribution in [0.1, 0.15) is 64.8 Å². The lowest BCUT2D eigenvalue weighted by Gasteiger charge is -2.21. The van der Waals surface area contributed by atoms with E-state index in [4.69, 9.17) is 4.98 Å². The number of amides is 2. The van der Waals surface area contributed by atoms with E-state index < -0.39 is 0 Å². The Morgan fingerprint density at radius 3 is 2.45 bits per heavy atom. The number of anilines is 3. The summed E-state index contributed by atoms with van der Waals surface area (Å²) in [7, 11) is 0. The molecule has 0 fully saturated rings. The zero-order valence-corrected chi connectivity index (χ0v) is 24.7. The van der Waals surface area contributed by atoms with Crippen LogP contribution in [0.15, 0.2) is 66.7 Å². The summed E-state index contributed by atoms with van der Waals surface area (Å²) in [6.07, 6.45) is 6.30. The highest BCUT2D eigenvalue weighted by Gasteiger charge is 2.18. The summed E-state index contributed by atoms with van der Waals surface area (Å²) in [5, 5.41) is 14.2. The van der Waals surface area contributed by atoms with Gasteiger partial charge in [-0.25, -0.2) is 0 Å². The van der Waals surface area contributed by atoms with Crippen molar-refractivity contribution >= 4 is 39.8 Å². The summed E-state index contributed by atoms with van der Waals surface area (Å²) < 4.78 is 0. The van der Waals surface area contributed by atoms with Gasteiger partial charge >= 0.3 is 0 Å². The minimum absolute atomic E-state index is 0.00739. The number of aryl methyl sites for hydroxylation is 2. The second-order valence-electron chi connectivity index (χ2n) is 11.0. The highest BCUT2D eigenvalue weighted by atomic mass is 16.2. The molecular formula is C35H41N5O2. The van der Waals surface area contributed by atoms with Gasteiger partial charge in [0.2, 0.25) is 5.91 Å². The van der Waals surface area contributed by atoms with Gasteiger partial charge in [-0.05, 0) is 93.3 Å². The molecule has 42 heavy (non-hydrogen) atoms. The van der Waals surface area contributed by atoms with E-state index in [-0.39, 0.29) is 11.8 Å². The number of aromatic nitrogens is 1. The third-order valence-corrected chi connectivity index (χ3v) is 8.06. The Morgan fingerprint density at radius 1 is 0.786 bits per heavy atom. The average molecular weight is 564 g/mol. The maximum Gasteiger partial charge on any atom is 0.253 e. The van der Waals surface area contributed by atoms with Gasteiger partial charge in [-0.2, -0.15) is 0 Å². The van der Waals surface area contributed by atoms with Crippen molar-refractivity contribution in [3.63, 3.8) is 0 Å². The molecule has 0 saturated carbocycles. The van der Waals surface area contributed by atoms with Crippen LogP contribution in [-0.2, 0) is 17.6 Å². The number of hydrogen-bond donors (Lipinski definition) is 4. The first-order valence-electron chi connectivity index (χ1n) is 15.1. The first-order valence-corrected chi connectivity index (χ1v) is 15.1. The molecule has 5 rings (SSSR count). The Morgan fingerprint density at radius 2 is 1.55 bits per heavy atom. The van der Waals surface area contributed by atoms with E-state index >= 15 is 0 Å². The number of rotatable bonds is 12. The van der Waals surface area contributed by atoms with Gasteiger partial charge in [-0.3, -0.25) is 14.6 Å². The number of carbonyl (C=O) groups is 2. The lowest BCUT2D eigenvalue weighted by Crippen LogP contribution is -2.29. The molecule has 7 nitrogen and oxygen atoms in total. The number of para-hydroxylation sites is 2. The Labute approximate surface area is 248 Å². The topological polar surface area (TPSA) is 95.2 Å². The normalized spacial score (nSPS) is 12.4. The number of fused-ring (bicyclic) bond motifs is 2. The summed E-state index contributed by atoms with van der Waals surface area (Å²) in [5.74, 6) is -0.145. The van der Waals surface area contributed by atoms with Crippen LogP contribution in [0.5, 0.6) is 0 Å². The number of pyridine rings is 1.